The molecule has 2 aromatic heterocycles. The van der Waals surface area contributed by atoms with Gasteiger partial charge in [-0.15, -0.1) is 0 Å². The molecule has 4 N–H and O–H groups in total. The van der Waals surface area contributed by atoms with E-state index in [-0.39, 0.29) is 5.84 Å². The van der Waals surface area contributed by atoms with Crippen LogP contribution in [0.1, 0.15) is 43.9 Å². The Balaban J connectivity index is 2.05. The normalized spacial score (nSPS) is 21.8. The SMILES string of the molecule is Cc1ccc2c(N[C@@H]3CCCC[C@@H]3C)c(C(=N)NO)cnn12. The first-order valence-electron chi connectivity index (χ1n) is 7.84. The van der Waals surface area contributed by atoms with Crippen LogP contribution < -0.4 is 10.8 Å². The number of aryl methyl sites for hydroxylation is 1. The Kier molecular flexibility index (Phi) is 4.02. The molecule has 2 aromatic rings. The van der Waals surface area contributed by atoms with Gasteiger partial charge in [0.05, 0.1) is 23.0 Å². The molecule has 6 nitrogen and oxygen atoms in total. The summed E-state index contributed by atoms with van der Waals surface area (Å²) in [5, 5.41) is 25.0. The molecule has 2 heterocycles. The molecule has 1 aliphatic rings. The zero-order valence-electron chi connectivity index (χ0n) is 13.1. The van der Waals surface area contributed by atoms with Crippen LogP contribution in [-0.2, 0) is 0 Å². The van der Waals surface area contributed by atoms with Crippen LogP contribution in [0.2, 0.25) is 0 Å². The van der Waals surface area contributed by atoms with Gasteiger partial charge in [0.25, 0.3) is 0 Å². The maximum Gasteiger partial charge on any atom is 0.153 e. The van der Waals surface area contributed by atoms with E-state index in [2.05, 4.69) is 17.3 Å². The molecular weight excluding hydrogens is 278 g/mol. The summed E-state index contributed by atoms with van der Waals surface area (Å²) in [5.41, 5.74) is 5.38. The van der Waals surface area contributed by atoms with Crippen molar-refractivity contribution in [2.75, 3.05) is 5.32 Å². The summed E-state index contributed by atoms with van der Waals surface area (Å²) in [6.07, 6.45) is 6.50. The Labute approximate surface area is 130 Å². The number of aromatic nitrogens is 2. The minimum Gasteiger partial charge on any atom is -0.380 e. The quantitative estimate of drug-likeness (QED) is 0.399. The molecule has 2 atom stereocenters. The van der Waals surface area contributed by atoms with Crippen LogP contribution in [-0.4, -0.2) is 26.7 Å². The van der Waals surface area contributed by atoms with Crippen molar-refractivity contribution >= 4 is 17.0 Å². The van der Waals surface area contributed by atoms with Gasteiger partial charge in [-0.25, -0.2) is 4.52 Å². The van der Waals surface area contributed by atoms with Crippen LogP contribution in [0, 0.1) is 18.3 Å². The van der Waals surface area contributed by atoms with Gasteiger partial charge in [0.2, 0.25) is 0 Å². The average molecular weight is 301 g/mol. The maximum absolute atomic E-state index is 9.11. The number of anilines is 1. The van der Waals surface area contributed by atoms with Gasteiger partial charge in [-0.1, -0.05) is 19.8 Å². The van der Waals surface area contributed by atoms with Crippen molar-refractivity contribution in [1.29, 1.82) is 5.41 Å². The van der Waals surface area contributed by atoms with E-state index in [9.17, 15) is 0 Å². The van der Waals surface area contributed by atoms with Gasteiger partial charge >= 0.3 is 0 Å². The summed E-state index contributed by atoms with van der Waals surface area (Å²) in [4.78, 5) is 0. The van der Waals surface area contributed by atoms with Crippen molar-refractivity contribution in [3.05, 3.63) is 29.6 Å². The first-order chi connectivity index (χ1) is 10.6. The van der Waals surface area contributed by atoms with E-state index in [1.807, 2.05) is 29.1 Å². The molecule has 0 aromatic carbocycles. The first-order valence-corrected chi connectivity index (χ1v) is 7.84. The molecular formula is C16H23N5O. The standard InChI is InChI=1S/C16H23N5O/c1-10-5-3-4-6-13(10)19-15-12(16(17)20-22)9-18-21-11(2)7-8-14(15)21/h7-10,13,19,22H,3-6H2,1-2H3,(H2,17,20)/t10-,13+/m0/s1. The third-order valence-corrected chi connectivity index (χ3v) is 4.69. The van der Waals surface area contributed by atoms with E-state index in [1.165, 1.54) is 19.3 Å². The van der Waals surface area contributed by atoms with Gasteiger partial charge in [0, 0.05) is 11.7 Å². The van der Waals surface area contributed by atoms with Gasteiger partial charge in [-0.2, -0.15) is 5.10 Å². The van der Waals surface area contributed by atoms with Gasteiger partial charge in [0.1, 0.15) is 0 Å². The zero-order valence-corrected chi connectivity index (χ0v) is 13.1. The lowest BCUT2D eigenvalue weighted by molar-refractivity contribution is 0.234. The third-order valence-electron chi connectivity index (χ3n) is 4.69. The Bertz CT molecular complexity index is 693. The predicted molar refractivity (Wildman–Crippen MR) is 86.7 cm³/mol. The van der Waals surface area contributed by atoms with Crippen molar-refractivity contribution in [3.8, 4) is 0 Å². The van der Waals surface area contributed by atoms with E-state index >= 15 is 0 Å². The molecule has 6 heteroatoms. The highest BCUT2D eigenvalue weighted by Gasteiger charge is 2.24. The van der Waals surface area contributed by atoms with E-state index < -0.39 is 0 Å². The molecule has 3 rings (SSSR count). The number of fused-ring (bicyclic) bond motifs is 1. The van der Waals surface area contributed by atoms with E-state index in [1.54, 1.807) is 6.20 Å². The monoisotopic (exact) mass is 301 g/mol. The number of nitrogens with one attached hydrogen (secondary N) is 3. The second kappa shape index (κ2) is 5.96. The Hall–Kier alpha value is -2.08. The Morgan fingerprint density at radius 2 is 2.14 bits per heavy atom. The molecule has 0 saturated heterocycles. The number of nitrogens with zero attached hydrogens (tertiary/aromatic N) is 2. The second-order valence-electron chi connectivity index (χ2n) is 6.20. The molecule has 0 spiro atoms. The Morgan fingerprint density at radius 1 is 1.36 bits per heavy atom. The Morgan fingerprint density at radius 3 is 2.86 bits per heavy atom. The van der Waals surface area contributed by atoms with Crippen LogP contribution in [0.25, 0.3) is 5.52 Å². The molecule has 22 heavy (non-hydrogen) atoms. The van der Waals surface area contributed by atoms with E-state index in [0.717, 1.165) is 23.3 Å². The van der Waals surface area contributed by atoms with E-state index in [0.29, 0.717) is 17.5 Å². The lowest BCUT2D eigenvalue weighted by Crippen LogP contribution is -2.32. The summed E-state index contributed by atoms with van der Waals surface area (Å²) >= 11 is 0. The summed E-state index contributed by atoms with van der Waals surface area (Å²) in [6.45, 7) is 4.27. The molecule has 1 saturated carbocycles. The van der Waals surface area contributed by atoms with Crippen molar-refractivity contribution in [3.63, 3.8) is 0 Å². The lowest BCUT2D eigenvalue weighted by atomic mass is 9.85. The van der Waals surface area contributed by atoms with Crippen LogP contribution in [0.5, 0.6) is 0 Å². The van der Waals surface area contributed by atoms with Crippen molar-refractivity contribution in [2.24, 2.45) is 5.92 Å². The number of amidine groups is 1. The van der Waals surface area contributed by atoms with Gasteiger partial charge < -0.3 is 5.32 Å². The first kappa shape index (κ1) is 14.8. The highest BCUT2D eigenvalue weighted by Crippen LogP contribution is 2.30. The highest BCUT2D eigenvalue weighted by molar-refractivity contribution is 6.03. The molecule has 1 fully saturated rings. The smallest absolute Gasteiger partial charge is 0.153 e. The van der Waals surface area contributed by atoms with Gasteiger partial charge in [0.15, 0.2) is 5.84 Å². The van der Waals surface area contributed by atoms with Gasteiger partial charge in [-0.05, 0) is 37.8 Å². The second-order valence-corrected chi connectivity index (χ2v) is 6.20. The van der Waals surface area contributed by atoms with Crippen LogP contribution in [0.15, 0.2) is 18.3 Å². The fraction of sp³-hybridized carbons (Fsp3) is 0.500. The summed E-state index contributed by atoms with van der Waals surface area (Å²) in [5.74, 6) is 0.557. The lowest BCUT2D eigenvalue weighted by Gasteiger charge is -2.31. The van der Waals surface area contributed by atoms with Gasteiger partial charge in [-0.3, -0.25) is 16.1 Å². The molecule has 0 bridgehead atoms. The van der Waals surface area contributed by atoms with E-state index in [4.69, 9.17) is 10.6 Å². The van der Waals surface area contributed by atoms with Crippen LogP contribution >= 0.6 is 0 Å². The maximum atomic E-state index is 9.11. The molecule has 0 unspecified atom stereocenters. The average Bonchev–Trinajstić information content (AvgIpc) is 2.91. The summed E-state index contributed by atoms with van der Waals surface area (Å²) in [6, 6.07) is 4.41. The summed E-state index contributed by atoms with van der Waals surface area (Å²) < 4.78 is 1.87. The van der Waals surface area contributed by atoms with Crippen LogP contribution in [0.4, 0.5) is 5.69 Å². The summed E-state index contributed by atoms with van der Waals surface area (Å²) in [7, 11) is 0. The number of hydroxylamine groups is 1. The van der Waals surface area contributed by atoms with Crippen LogP contribution in [0.3, 0.4) is 0 Å². The number of hydrogen-bond donors (Lipinski definition) is 4. The molecule has 118 valence electrons. The molecule has 0 amide bonds. The van der Waals surface area contributed by atoms with Crippen molar-refractivity contribution in [1.82, 2.24) is 15.1 Å². The molecule has 0 radical (unpaired) electrons. The minimum absolute atomic E-state index is 0.0418. The number of rotatable bonds is 3. The fourth-order valence-electron chi connectivity index (χ4n) is 3.31. The third kappa shape index (κ3) is 2.54. The minimum atomic E-state index is -0.0418. The highest BCUT2D eigenvalue weighted by atomic mass is 16.5. The number of hydrogen-bond acceptors (Lipinski definition) is 4. The van der Waals surface area contributed by atoms with Crippen molar-refractivity contribution < 1.29 is 5.21 Å². The zero-order chi connectivity index (χ0) is 15.7. The predicted octanol–water partition coefficient (Wildman–Crippen LogP) is 2.94. The fourth-order valence-corrected chi connectivity index (χ4v) is 3.31. The molecule has 1 aliphatic carbocycles. The topological polar surface area (TPSA) is 85.4 Å². The largest absolute Gasteiger partial charge is 0.380 e. The van der Waals surface area contributed by atoms with Crippen molar-refractivity contribution in [2.45, 2.75) is 45.6 Å². The molecule has 0 aliphatic heterocycles.